The standard InChI is InChI=1S/C16H31BF2N4O6S/c1-11(2)23(13-6-15(18,19)9-21-7-13)30(28,29)22-8-12(4-3-5-17(26)27)16(20,10-22)14(24)25/h11-13,21,26-27H,3-10,20H2,1-2H3,(H,24,25)/t12-,13?,16-/m0/s1. The van der Waals surface area contributed by atoms with E-state index in [2.05, 4.69) is 5.32 Å². The molecule has 0 amide bonds. The van der Waals surface area contributed by atoms with Gasteiger partial charge in [0.2, 0.25) is 0 Å². The SMILES string of the molecule is CC(C)N(C1CNCC(F)(F)C1)S(=O)(=O)N1C[C@H](CCCB(O)O)[C@](N)(C(=O)O)C1. The molecule has 2 rings (SSSR count). The van der Waals surface area contributed by atoms with Gasteiger partial charge in [0.1, 0.15) is 5.54 Å². The summed E-state index contributed by atoms with van der Waals surface area (Å²) in [6.07, 6.45) is -0.206. The number of carboxylic acid groups (broad SMARTS) is 1. The Morgan fingerprint density at radius 1 is 1.40 bits per heavy atom. The smallest absolute Gasteiger partial charge is 0.451 e. The van der Waals surface area contributed by atoms with Crippen LogP contribution in [0.5, 0.6) is 0 Å². The van der Waals surface area contributed by atoms with E-state index in [4.69, 9.17) is 15.8 Å². The first-order chi connectivity index (χ1) is 13.7. The number of rotatable bonds is 9. The molecular weight excluding hydrogens is 425 g/mol. The first-order valence-corrected chi connectivity index (χ1v) is 11.4. The Balaban J connectivity index is 2.27. The molecule has 0 aromatic heterocycles. The maximum absolute atomic E-state index is 13.9. The van der Waals surface area contributed by atoms with Gasteiger partial charge in [0, 0.05) is 44.1 Å². The van der Waals surface area contributed by atoms with E-state index in [0.717, 1.165) is 8.61 Å². The second-order valence-corrected chi connectivity index (χ2v) is 10.4. The van der Waals surface area contributed by atoms with Crippen molar-refractivity contribution in [1.82, 2.24) is 13.9 Å². The van der Waals surface area contributed by atoms with Gasteiger partial charge < -0.3 is 26.2 Å². The summed E-state index contributed by atoms with van der Waals surface area (Å²) in [5.41, 5.74) is 4.21. The molecule has 2 heterocycles. The third-order valence-electron chi connectivity index (χ3n) is 5.76. The molecule has 0 spiro atoms. The fourth-order valence-electron chi connectivity index (χ4n) is 4.31. The van der Waals surface area contributed by atoms with Crippen molar-refractivity contribution in [1.29, 1.82) is 0 Å². The Labute approximate surface area is 175 Å². The lowest BCUT2D eigenvalue weighted by atomic mass is 9.78. The van der Waals surface area contributed by atoms with Crippen molar-refractivity contribution in [3.8, 4) is 0 Å². The molecule has 14 heteroatoms. The lowest BCUT2D eigenvalue weighted by Crippen LogP contribution is -2.60. The number of alkyl halides is 2. The summed E-state index contributed by atoms with van der Waals surface area (Å²) in [5, 5.41) is 30.2. The third kappa shape index (κ3) is 5.47. The summed E-state index contributed by atoms with van der Waals surface area (Å²) in [4.78, 5) is 11.8. The van der Waals surface area contributed by atoms with Gasteiger partial charge in [-0.3, -0.25) is 4.79 Å². The second kappa shape index (κ2) is 9.31. The van der Waals surface area contributed by atoms with Crippen LogP contribution < -0.4 is 11.1 Å². The molecular formula is C16H31BF2N4O6S. The zero-order valence-corrected chi connectivity index (χ0v) is 18.0. The van der Waals surface area contributed by atoms with Gasteiger partial charge in [-0.05, 0) is 26.6 Å². The van der Waals surface area contributed by atoms with Gasteiger partial charge in [-0.25, -0.2) is 8.78 Å². The molecule has 2 aliphatic rings. The highest BCUT2D eigenvalue weighted by molar-refractivity contribution is 7.86. The van der Waals surface area contributed by atoms with Crippen LogP contribution in [0.25, 0.3) is 0 Å². The molecule has 0 aromatic rings. The fourth-order valence-corrected chi connectivity index (χ4v) is 6.38. The summed E-state index contributed by atoms with van der Waals surface area (Å²) >= 11 is 0. The highest BCUT2D eigenvalue weighted by atomic mass is 32.2. The van der Waals surface area contributed by atoms with Crippen LogP contribution in [0.3, 0.4) is 0 Å². The van der Waals surface area contributed by atoms with Crippen molar-refractivity contribution >= 4 is 23.3 Å². The van der Waals surface area contributed by atoms with E-state index in [1.807, 2.05) is 0 Å². The van der Waals surface area contributed by atoms with E-state index in [9.17, 15) is 27.1 Å². The van der Waals surface area contributed by atoms with Crippen molar-refractivity contribution in [3.05, 3.63) is 0 Å². The predicted octanol–water partition coefficient (Wildman–Crippen LogP) is -1.09. The van der Waals surface area contributed by atoms with Gasteiger partial charge in [0.25, 0.3) is 16.1 Å². The molecule has 2 fully saturated rings. The number of hydrogen-bond donors (Lipinski definition) is 5. The average Bonchev–Trinajstić information content (AvgIpc) is 2.92. The van der Waals surface area contributed by atoms with Crippen LogP contribution in [0, 0.1) is 5.92 Å². The molecule has 30 heavy (non-hydrogen) atoms. The normalized spacial score (nSPS) is 30.2. The van der Waals surface area contributed by atoms with Crippen molar-refractivity contribution < 1.29 is 37.1 Å². The summed E-state index contributed by atoms with van der Waals surface area (Å²) in [6, 6.07) is -1.62. The van der Waals surface area contributed by atoms with Gasteiger partial charge in [-0.15, -0.1) is 0 Å². The van der Waals surface area contributed by atoms with Crippen molar-refractivity contribution in [2.75, 3.05) is 26.2 Å². The van der Waals surface area contributed by atoms with E-state index in [0.29, 0.717) is 0 Å². The highest BCUT2D eigenvalue weighted by Crippen LogP contribution is 2.35. The van der Waals surface area contributed by atoms with E-state index >= 15 is 0 Å². The number of carboxylic acids is 1. The van der Waals surface area contributed by atoms with Gasteiger partial charge >= 0.3 is 13.1 Å². The second-order valence-electron chi connectivity index (χ2n) is 8.52. The predicted molar refractivity (Wildman–Crippen MR) is 106 cm³/mol. The van der Waals surface area contributed by atoms with E-state index in [-0.39, 0.29) is 32.3 Å². The molecule has 10 nitrogen and oxygen atoms in total. The van der Waals surface area contributed by atoms with Crippen LogP contribution in [-0.2, 0) is 15.0 Å². The zero-order chi connectivity index (χ0) is 22.9. The number of hydrogen-bond acceptors (Lipinski definition) is 7. The number of carbonyl (C=O) groups is 1. The number of piperidine rings is 1. The van der Waals surface area contributed by atoms with Crippen LogP contribution >= 0.6 is 0 Å². The van der Waals surface area contributed by atoms with Gasteiger partial charge in [0.05, 0.1) is 6.54 Å². The van der Waals surface area contributed by atoms with Gasteiger partial charge in [0.15, 0.2) is 0 Å². The van der Waals surface area contributed by atoms with Crippen molar-refractivity contribution in [2.45, 2.75) is 63.0 Å². The molecule has 1 unspecified atom stereocenters. The van der Waals surface area contributed by atoms with Gasteiger partial charge in [-0.2, -0.15) is 17.0 Å². The number of halogens is 2. The fraction of sp³-hybridized carbons (Fsp3) is 0.938. The largest absolute Gasteiger partial charge is 0.480 e. The van der Waals surface area contributed by atoms with Crippen LogP contribution in [-0.4, -0.2) is 95.0 Å². The Kier molecular flexibility index (Phi) is 7.87. The zero-order valence-electron chi connectivity index (χ0n) is 17.2. The first kappa shape index (κ1) is 25.4. The molecule has 0 aliphatic carbocycles. The van der Waals surface area contributed by atoms with Crippen LogP contribution in [0.15, 0.2) is 0 Å². The summed E-state index contributed by atoms with van der Waals surface area (Å²) in [5.74, 6) is -5.18. The summed E-state index contributed by atoms with van der Waals surface area (Å²) in [7, 11) is -5.83. The van der Waals surface area contributed by atoms with Crippen LogP contribution in [0.4, 0.5) is 8.78 Å². The summed E-state index contributed by atoms with van der Waals surface area (Å²) < 4.78 is 56.5. The molecule has 2 aliphatic heterocycles. The highest BCUT2D eigenvalue weighted by Gasteiger charge is 2.54. The van der Waals surface area contributed by atoms with E-state index in [1.165, 1.54) is 0 Å². The van der Waals surface area contributed by atoms with E-state index in [1.54, 1.807) is 13.8 Å². The molecule has 2 saturated heterocycles. The Bertz CT molecular complexity index is 729. The molecule has 0 aromatic carbocycles. The lowest BCUT2D eigenvalue weighted by Gasteiger charge is -2.40. The van der Waals surface area contributed by atoms with Crippen molar-refractivity contribution in [2.24, 2.45) is 11.7 Å². The molecule has 6 N–H and O–H groups in total. The molecule has 0 radical (unpaired) electrons. The maximum atomic E-state index is 13.9. The topological polar surface area (TPSA) is 156 Å². The lowest BCUT2D eigenvalue weighted by molar-refractivity contribution is -0.144. The minimum absolute atomic E-state index is 0.000105. The number of aliphatic carboxylic acids is 1. The molecule has 0 saturated carbocycles. The monoisotopic (exact) mass is 456 g/mol. The quantitative estimate of drug-likeness (QED) is 0.274. The minimum atomic E-state index is -4.28. The van der Waals surface area contributed by atoms with E-state index < -0.39 is 72.3 Å². The molecule has 174 valence electrons. The minimum Gasteiger partial charge on any atom is -0.480 e. The summed E-state index contributed by atoms with van der Waals surface area (Å²) in [6.45, 7) is 2.01. The Morgan fingerprint density at radius 3 is 2.53 bits per heavy atom. The van der Waals surface area contributed by atoms with Gasteiger partial charge in [-0.1, -0.05) is 6.42 Å². The van der Waals surface area contributed by atoms with Crippen LogP contribution in [0.1, 0.15) is 33.1 Å². The number of nitrogens with one attached hydrogen (secondary N) is 1. The van der Waals surface area contributed by atoms with Crippen molar-refractivity contribution in [3.63, 3.8) is 0 Å². The third-order valence-corrected chi connectivity index (χ3v) is 7.95. The number of nitrogens with zero attached hydrogens (tertiary/aromatic N) is 2. The Hall–Kier alpha value is -0.895. The van der Waals surface area contributed by atoms with Crippen LogP contribution in [0.2, 0.25) is 6.32 Å². The average molecular weight is 456 g/mol. The molecule has 3 atom stereocenters. The number of nitrogens with two attached hydrogens (primary N) is 1. The molecule has 0 bridgehead atoms. The first-order valence-electron chi connectivity index (χ1n) is 9.96. The maximum Gasteiger partial charge on any atom is 0.451 e. The Morgan fingerprint density at radius 2 is 2.03 bits per heavy atom.